The monoisotopic (exact) mass is 327 g/mol. The van der Waals surface area contributed by atoms with Crippen LogP contribution in [0.2, 0.25) is 0 Å². The number of rotatable bonds is 4. The van der Waals surface area contributed by atoms with Crippen molar-refractivity contribution < 1.29 is 4.79 Å². The molecule has 0 aliphatic rings. The molecule has 120 valence electrons. The Morgan fingerprint density at radius 3 is 2.43 bits per heavy atom. The number of aryl methyl sites for hydroxylation is 3. The van der Waals surface area contributed by atoms with E-state index >= 15 is 0 Å². The maximum absolute atomic E-state index is 12.6. The number of nitrogens with one attached hydrogen (secondary N) is 2. The molecule has 1 amide bonds. The van der Waals surface area contributed by atoms with Crippen LogP contribution in [0.4, 0.5) is 11.4 Å². The Hall–Kier alpha value is -2.40. The van der Waals surface area contributed by atoms with Crippen molar-refractivity contribution in [1.29, 1.82) is 0 Å². The van der Waals surface area contributed by atoms with Crippen LogP contribution in [0.3, 0.4) is 0 Å². The molecule has 4 nitrogen and oxygen atoms in total. The molecular formula is C18H21N3OS. The zero-order valence-corrected chi connectivity index (χ0v) is 14.4. The summed E-state index contributed by atoms with van der Waals surface area (Å²) in [6, 6.07) is 11.4. The summed E-state index contributed by atoms with van der Waals surface area (Å²) in [5.74, 6) is -0.101. The molecule has 0 spiro atoms. The molecule has 23 heavy (non-hydrogen) atoms. The third-order valence-corrected chi connectivity index (χ3v) is 3.80. The van der Waals surface area contributed by atoms with Gasteiger partial charge in [-0.05, 0) is 67.4 Å². The SMILES string of the molecule is CCc1cc(NC(N)=S)cc(C)c1NC(=O)c1ccccc1C. The first-order valence-electron chi connectivity index (χ1n) is 7.49. The summed E-state index contributed by atoms with van der Waals surface area (Å²) >= 11 is 4.88. The second kappa shape index (κ2) is 7.24. The quantitative estimate of drug-likeness (QED) is 0.748. The van der Waals surface area contributed by atoms with Crippen molar-refractivity contribution in [2.75, 3.05) is 10.6 Å². The molecule has 0 saturated heterocycles. The summed E-state index contributed by atoms with van der Waals surface area (Å²) in [7, 11) is 0. The van der Waals surface area contributed by atoms with E-state index < -0.39 is 0 Å². The maximum Gasteiger partial charge on any atom is 0.255 e. The Labute approximate surface area is 142 Å². The van der Waals surface area contributed by atoms with E-state index in [1.54, 1.807) is 0 Å². The van der Waals surface area contributed by atoms with Gasteiger partial charge in [0.2, 0.25) is 0 Å². The van der Waals surface area contributed by atoms with Crippen molar-refractivity contribution >= 4 is 34.6 Å². The summed E-state index contributed by atoms with van der Waals surface area (Å²) in [5.41, 5.74) is 10.8. The molecule has 2 aromatic rings. The van der Waals surface area contributed by atoms with Crippen LogP contribution in [0.15, 0.2) is 36.4 Å². The Kier molecular flexibility index (Phi) is 5.34. The smallest absolute Gasteiger partial charge is 0.255 e. The largest absolute Gasteiger partial charge is 0.376 e. The number of hydrogen-bond donors (Lipinski definition) is 3. The number of hydrogen-bond acceptors (Lipinski definition) is 2. The highest BCUT2D eigenvalue weighted by molar-refractivity contribution is 7.80. The molecule has 0 atom stereocenters. The summed E-state index contributed by atoms with van der Waals surface area (Å²) in [4.78, 5) is 12.6. The van der Waals surface area contributed by atoms with Gasteiger partial charge in [0.05, 0.1) is 0 Å². The third-order valence-electron chi connectivity index (χ3n) is 3.69. The van der Waals surface area contributed by atoms with Gasteiger partial charge < -0.3 is 16.4 Å². The van der Waals surface area contributed by atoms with Crippen LogP contribution in [0, 0.1) is 13.8 Å². The number of carbonyl (C=O) groups excluding carboxylic acids is 1. The lowest BCUT2D eigenvalue weighted by Crippen LogP contribution is -2.20. The first-order chi connectivity index (χ1) is 10.9. The normalized spacial score (nSPS) is 10.2. The minimum atomic E-state index is -0.101. The first-order valence-corrected chi connectivity index (χ1v) is 7.90. The van der Waals surface area contributed by atoms with E-state index in [1.807, 2.05) is 57.2 Å². The molecule has 0 radical (unpaired) electrons. The van der Waals surface area contributed by atoms with Gasteiger partial charge in [-0.3, -0.25) is 4.79 Å². The van der Waals surface area contributed by atoms with Gasteiger partial charge >= 0.3 is 0 Å². The molecular weight excluding hydrogens is 306 g/mol. The zero-order valence-electron chi connectivity index (χ0n) is 13.6. The molecule has 0 aliphatic heterocycles. The number of nitrogens with two attached hydrogens (primary N) is 1. The van der Waals surface area contributed by atoms with E-state index in [1.165, 1.54) is 0 Å². The maximum atomic E-state index is 12.6. The van der Waals surface area contributed by atoms with Crippen LogP contribution >= 0.6 is 12.2 Å². The minimum Gasteiger partial charge on any atom is -0.376 e. The molecule has 0 aliphatic carbocycles. The lowest BCUT2D eigenvalue weighted by Gasteiger charge is -2.16. The van der Waals surface area contributed by atoms with Crippen LogP contribution in [0.25, 0.3) is 0 Å². The van der Waals surface area contributed by atoms with Gasteiger partial charge in [-0.2, -0.15) is 0 Å². The van der Waals surface area contributed by atoms with Crippen LogP contribution < -0.4 is 16.4 Å². The van der Waals surface area contributed by atoms with Crippen molar-refractivity contribution in [2.45, 2.75) is 27.2 Å². The van der Waals surface area contributed by atoms with E-state index in [0.717, 1.165) is 34.5 Å². The zero-order chi connectivity index (χ0) is 17.0. The molecule has 0 saturated carbocycles. The summed E-state index contributed by atoms with van der Waals surface area (Å²) < 4.78 is 0. The summed E-state index contributed by atoms with van der Waals surface area (Å²) in [5, 5.41) is 6.20. The number of thiocarbonyl (C=S) groups is 1. The Bertz CT molecular complexity index is 756. The second-order valence-electron chi connectivity index (χ2n) is 5.44. The third kappa shape index (κ3) is 4.07. The van der Waals surface area contributed by atoms with Crippen molar-refractivity contribution in [3.63, 3.8) is 0 Å². The Morgan fingerprint density at radius 2 is 1.83 bits per heavy atom. The topological polar surface area (TPSA) is 67.2 Å². The van der Waals surface area contributed by atoms with Crippen molar-refractivity contribution in [3.05, 3.63) is 58.7 Å². The van der Waals surface area contributed by atoms with Gasteiger partial charge in [0, 0.05) is 16.9 Å². The highest BCUT2D eigenvalue weighted by Gasteiger charge is 2.13. The molecule has 4 N–H and O–H groups in total. The average molecular weight is 327 g/mol. The van der Waals surface area contributed by atoms with Gasteiger partial charge in [0.25, 0.3) is 5.91 Å². The van der Waals surface area contributed by atoms with Crippen LogP contribution in [0.1, 0.15) is 34.0 Å². The number of benzene rings is 2. The second-order valence-corrected chi connectivity index (χ2v) is 5.88. The molecule has 0 fully saturated rings. The van der Waals surface area contributed by atoms with E-state index in [9.17, 15) is 4.79 Å². The fraction of sp³-hybridized carbons (Fsp3) is 0.222. The Morgan fingerprint density at radius 1 is 1.13 bits per heavy atom. The van der Waals surface area contributed by atoms with Gasteiger partial charge in [-0.15, -0.1) is 0 Å². The first kappa shape index (κ1) is 17.0. The molecule has 5 heteroatoms. The molecule has 2 rings (SSSR count). The molecule has 0 unspecified atom stereocenters. The lowest BCUT2D eigenvalue weighted by molar-refractivity contribution is 0.102. The number of carbonyl (C=O) groups is 1. The predicted octanol–water partition coefficient (Wildman–Crippen LogP) is 3.77. The lowest BCUT2D eigenvalue weighted by atomic mass is 10.0. The van der Waals surface area contributed by atoms with Crippen molar-refractivity contribution in [2.24, 2.45) is 5.73 Å². The fourth-order valence-corrected chi connectivity index (χ4v) is 2.66. The van der Waals surface area contributed by atoms with E-state index in [4.69, 9.17) is 18.0 Å². The van der Waals surface area contributed by atoms with E-state index in [-0.39, 0.29) is 11.0 Å². The standard InChI is InChI=1S/C18H21N3OS/c1-4-13-10-14(20-18(19)23)9-12(3)16(13)21-17(22)15-8-6-5-7-11(15)2/h5-10H,4H2,1-3H3,(H,21,22)(H3,19,20,23). The molecule has 0 heterocycles. The van der Waals surface area contributed by atoms with Crippen LogP contribution in [0.5, 0.6) is 0 Å². The highest BCUT2D eigenvalue weighted by atomic mass is 32.1. The van der Waals surface area contributed by atoms with Gasteiger partial charge in [0.15, 0.2) is 5.11 Å². The van der Waals surface area contributed by atoms with Gasteiger partial charge in [0.1, 0.15) is 0 Å². The molecule has 0 bridgehead atoms. The van der Waals surface area contributed by atoms with Gasteiger partial charge in [-0.25, -0.2) is 0 Å². The number of anilines is 2. The highest BCUT2D eigenvalue weighted by Crippen LogP contribution is 2.27. The van der Waals surface area contributed by atoms with Crippen LogP contribution in [-0.2, 0) is 6.42 Å². The van der Waals surface area contributed by atoms with E-state index in [2.05, 4.69) is 10.6 Å². The van der Waals surface area contributed by atoms with Crippen LogP contribution in [-0.4, -0.2) is 11.0 Å². The Balaban J connectivity index is 2.34. The predicted molar refractivity (Wildman–Crippen MR) is 100 cm³/mol. The van der Waals surface area contributed by atoms with E-state index in [0.29, 0.717) is 5.56 Å². The molecule has 2 aromatic carbocycles. The molecule has 0 aromatic heterocycles. The summed E-state index contributed by atoms with van der Waals surface area (Å²) in [6.07, 6.45) is 0.789. The minimum absolute atomic E-state index is 0.101. The average Bonchev–Trinajstić information content (AvgIpc) is 2.49. The summed E-state index contributed by atoms with van der Waals surface area (Å²) in [6.45, 7) is 5.93. The van der Waals surface area contributed by atoms with Crippen molar-refractivity contribution in [3.8, 4) is 0 Å². The number of amides is 1. The van der Waals surface area contributed by atoms with Gasteiger partial charge in [-0.1, -0.05) is 25.1 Å². The fourth-order valence-electron chi connectivity index (χ4n) is 2.54. The van der Waals surface area contributed by atoms with Crippen molar-refractivity contribution in [1.82, 2.24) is 0 Å².